The highest BCUT2D eigenvalue weighted by Crippen LogP contribution is 2.53. The summed E-state index contributed by atoms with van der Waals surface area (Å²) in [6.45, 7) is 10.8. The maximum atomic E-state index is 11.8. The normalized spacial score (nSPS) is 26.1. The molecule has 0 aromatic heterocycles. The van der Waals surface area contributed by atoms with E-state index < -0.39 is 0 Å². The van der Waals surface area contributed by atoms with E-state index in [4.69, 9.17) is 4.74 Å². The lowest BCUT2D eigenvalue weighted by Gasteiger charge is -2.39. The third-order valence-corrected chi connectivity index (χ3v) is 5.19. The smallest absolute Gasteiger partial charge is 0.306 e. The summed E-state index contributed by atoms with van der Waals surface area (Å²) in [5.74, 6) is 0.226. The van der Waals surface area contributed by atoms with Crippen molar-refractivity contribution in [2.45, 2.75) is 39.5 Å². The van der Waals surface area contributed by atoms with Crippen LogP contribution in [0.3, 0.4) is 0 Å². The van der Waals surface area contributed by atoms with Gasteiger partial charge in [0, 0.05) is 0 Å². The first kappa shape index (κ1) is 15.3. The van der Waals surface area contributed by atoms with Gasteiger partial charge in [0.1, 0.15) is 0 Å². The quantitative estimate of drug-likeness (QED) is 0.739. The standard InChI is InChI=1S/C17H27NO2/c1-5-15-13(3)17(7-9-18(4)10-8-17)12-14(15)11-16(19)20-6-2/h5,14H,1,6-12H2,2-4H3. The Morgan fingerprint density at radius 1 is 1.50 bits per heavy atom. The predicted octanol–water partition coefficient (Wildman–Crippen LogP) is 3.17. The van der Waals surface area contributed by atoms with E-state index in [1.807, 2.05) is 13.0 Å². The lowest BCUT2D eigenvalue weighted by atomic mass is 9.72. The molecule has 0 bridgehead atoms. The van der Waals surface area contributed by atoms with Gasteiger partial charge in [-0.05, 0) is 70.2 Å². The van der Waals surface area contributed by atoms with Gasteiger partial charge in [-0.25, -0.2) is 0 Å². The summed E-state index contributed by atoms with van der Waals surface area (Å²) in [4.78, 5) is 14.2. The Bertz CT molecular complexity index is 417. The van der Waals surface area contributed by atoms with Crippen molar-refractivity contribution in [2.75, 3.05) is 26.7 Å². The summed E-state index contributed by atoms with van der Waals surface area (Å²) in [5, 5.41) is 0. The number of allylic oxidation sites excluding steroid dienone is 3. The van der Waals surface area contributed by atoms with Crippen LogP contribution in [0.15, 0.2) is 23.8 Å². The fourth-order valence-corrected chi connectivity index (χ4v) is 3.90. The molecule has 1 atom stereocenters. The number of piperidine rings is 1. The maximum Gasteiger partial charge on any atom is 0.306 e. The number of carbonyl (C=O) groups is 1. The molecular weight excluding hydrogens is 250 g/mol. The van der Waals surface area contributed by atoms with Gasteiger partial charge in [0.05, 0.1) is 13.0 Å². The zero-order valence-corrected chi connectivity index (χ0v) is 13.1. The Morgan fingerprint density at radius 3 is 2.70 bits per heavy atom. The van der Waals surface area contributed by atoms with E-state index in [0.29, 0.717) is 24.4 Å². The zero-order valence-electron chi connectivity index (χ0n) is 13.1. The molecule has 0 radical (unpaired) electrons. The van der Waals surface area contributed by atoms with Gasteiger partial charge in [-0.15, -0.1) is 0 Å². The Kier molecular flexibility index (Phi) is 4.69. The van der Waals surface area contributed by atoms with E-state index in [1.54, 1.807) is 0 Å². The van der Waals surface area contributed by atoms with Crippen molar-refractivity contribution in [1.82, 2.24) is 4.90 Å². The first-order valence-corrected chi connectivity index (χ1v) is 7.70. The van der Waals surface area contributed by atoms with Crippen molar-refractivity contribution in [2.24, 2.45) is 11.3 Å². The van der Waals surface area contributed by atoms with Gasteiger partial charge in [0.2, 0.25) is 0 Å². The number of esters is 1. The molecule has 3 nitrogen and oxygen atoms in total. The van der Waals surface area contributed by atoms with E-state index in [0.717, 1.165) is 19.5 Å². The average Bonchev–Trinajstić information content (AvgIpc) is 2.66. The van der Waals surface area contributed by atoms with E-state index >= 15 is 0 Å². The zero-order chi connectivity index (χ0) is 14.8. The van der Waals surface area contributed by atoms with Gasteiger partial charge >= 0.3 is 5.97 Å². The fourth-order valence-electron chi connectivity index (χ4n) is 3.90. The Hall–Kier alpha value is -1.09. The van der Waals surface area contributed by atoms with Crippen molar-refractivity contribution in [3.8, 4) is 0 Å². The summed E-state index contributed by atoms with van der Waals surface area (Å²) in [6.07, 6.45) is 5.96. The highest BCUT2D eigenvalue weighted by Gasteiger charge is 2.44. The second-order valence-electron chi connectivity index (χ2n) is 6.28. The molecule has 0 amide bonds. The molecule has 2 rings (SSSR count). The number of rotatable bonds is 4. The van der Waals surface area contributed by atoms with Gasteiger partial charge in [-0.1, -0.05) is 18.2 Å². The second-order valence-corrected chi connectivity index (χ2v) is 6.28. The molecule has 1 heterocycles. The molecule has 0 saturated carbocycles. The molecule has 0 aromatic rings. The molecule has 1 spiro atoms. The van der Waals surface area contributed by atoms with Crippen molar-refractivity contribution < 1.29 is 9.53 Å². The molecule has 1 aliphatic heterocycles. The van der Waals surface area contributed by atoms with E-state index in [2.05, 4.69) is 25.5 Å². The third kappa shape index (κ3) is 2.83. The van der Waals surface area contributed by atoms with Gasteiger partial charge in [-0.3, -0.25) is 4.79 Å². The molecule has 1 unspecified atom stereocenters. The minimum absolute atomic E-state index is 0.0744. The van der Waals surface area contributed by atoms with Crippen molar-refractivity contribution in [1.29, 1.82) is 0 Å². The number of hydrogen-bond acceptors (Lipinski definition) is 3. The molecule has 1 saturated heterocycles. The molecule has 2 aliphatic rings. The Balaban J connectivity index is 2.14. The van der Waals surface area contributed by atoms with Crippen LogP contribution < -0.4 is 0 Å². The van der Waals surface area contributed by atoms with Crippen LogP contribution in [-0.2, 0) is 9.53 Å². The van der Waals surface area contributed by atoms with E-state index in [9.17, 15) is 4.79 Å². The number of hydrogen-bond donors (Lipinski definition) is 0. The van der Waals surface area contributed by atoms with Crippen LogP contribution in [0.5, 0.6) is 0 Å². The number of nitrogens with zero attached hydrogens (tertiary/aromatic N) is 1. The van der Waals surface area contributed by atoms with E-state index in [-0.39, 0.29) is 5.97 Å². The lowest BCUT2D eigenvalue weighted by molar-refractivity contribution is -0.144. The summed E-state index contributed by atoms with van der Waals surface area (Å²) in [6, 6.07) is 0. The maximum absolute atomic E-state index is 11.8. The largest absolute Gasteiger partial charge is 0.466 e. The Labute approximate surface area is 122 Å². The highest BCUT2D eigenvalue weighted by molar-refractivity contribution is 5.70. The van der Waals surface area contributed by atoms with Crippen molar-refractivity contribution in [3.63, 3.8) is 0 Å². The molecule has 0 N–H and O–H groups in total. The van der Waals surface area contributed by atoms with Crippen LogP contribution in [0.25, 0.3) is 0 Å². The SMILES string of the molecule is C=CC1=C(C)C2(CCN(C)CC2)CC1CC(=O)OCC. The van der Waals surface area contributed by atoms with Crippen LogP contribution in [0.4, 0.5) is 0 Å². The van der Waals surface area contributed by atoms with Gasteiger partial charge < -0.3 is 9.64 Å². The molecule has 3 heteroatoms. The second kappa shape index (κ2) is 6.13. The fraction of sp³-hybridized carbons (Fsp3) is 0.706. The van der Waals surface area contributed by atoms with Crippen molar-refractivity contribution >= 4 is 5.97 Å². The summed E-state index contributed by atoms with van der Waals surface area (Å²) >= 11 is 0. The van der Waals surface area contributed by atoms with Crippen LogP contribution in [0, 0.1) is 11.3 Å². The highest BCUT2D eigenvalue weighted by atomic mass is 16.5. The number of ether oxygens (including phenoxy) is 1. The summed E-state index contributed by atoms with van der Waals surface area (Å²) < 4.78 is 5.12. The summed E-state index contributed by atoms with van der Waals surface area (Å²) in [7, 11) is 2.19. The van der Waals surface area contributed by atoms with Crippen LogP contribution in [-0.4, -0.2) is 37.6 Å². The van der Waals surface area contributed by atoms with Gasteiger partial charge in [0.15, 0.2) is 0 Å². The van der Waals surface area contributed by atoms with Crippen LogP contribution in [0.1, 0.15) is 39.5 Å². The minimum atomic E-state index is -0.0744. The lowest BCUT2D eigenvalue weighted by Crippen LogP contribution is -2.37. The molecule has 0 aromatic carbocycles. The first-order valence-electron chi connectivity index (χ1n) is 7.70. The molecule has 1 fully saturated rings. The van der Waals surface area contributed by atoms with Gasteiger partial charge in [-0.2, -0.15) is 0 Å². The van der Waals surface area contributed by atoms with Gasteiger partial charge in [0.25, 0.3) is 0 Å². The Morgan fingerprint density at radius 2 is 2.15 bits per heavy atom. The molecule has 112 valence electrons. The summed E-state index contributed by atoms with van der Waals surface area (Å²) in [5.41, 5.74) is 3.06. The first-order chi connectivity index (χ1) is 9.52. The topological polar surface area (TPSA) is 29.5 Å². The van der Waals surface area contributed by atoms with Crippen LogP contribution in [0.2, 0.25) is 0 Å². The molecule has 1 aliphatic carbocycles. The third-order valence-electron chi connectivity index (χ3n) is 5.19. The molecular formula is C17H27NO2. The predicted molar refractivity (Wildman–Crippen MR) is 81.4 cm³/mol. The number of likely N-dealkylation sites (tertiary alicyclic amines) is 1. The van der Waals surface area contributed by atoms with Crippen LogP contribution >= 0.6 is 0 Å². The average molecular weight is 277 g/mol. The van der Waals surface area contributed by atoms with E-state index in [1.165, 1.54) is 24.0 Å². The molecule has 20 heavy (non-hydrogen) atoms. The number of carbonyl (C=O) groups excluding carboxylic acids is 1. The monoisotopic (exact) mass is 277 g/mol. The van der Waals surface area contributed by atoms with Crippen molar-refractivity contribution in [3.05, 3.63) is 23.8 Å². The minimum Gasteiger partial charge on any atom is -0.466 e.